The molecule has 2 saturated heterocycles. The lowest BCUT2D eigenvalue weighted by Crippen LogP contribution is -2.43. The minimum absolute atomic E-state index is 0.385. The van der Waals surface area contributed by atoms with Gasteiger partial charge in [0.1, 0.15) is 5.82 Å². The van der Waals surface area contributed by atoms with Crippen LogP contribution in [0.25, 0.3) is 5.69 Å². The molecule has 3 heterocycles. The molecule has 0 radical (unpaired) electrons. The predicted molar refractivity (Wildman–Crippen MR) is 129 cm³/mol. The molecule has 5 nitrogen and oxygen atoms in total. The molecule has 1 aromatic carbocycles. The first-order chi connectivity index (χ1) is 15.7. The van der Waals surface area contributed by atoms with E-state index in [0.29, 0.717) is 6.10 Å². The predicted octanol–water partition coefficient (Wildman–Crippen LogP) is 4.82. The number of hydrogen-bond donors (Lipinski definition) is 0. The largest absolute Gasteiger partial charge is 0.377 e. The highest BCUT2D eigenvalue weighted by Gasteiger charge is 2.29. The molecule has 1 aromatic heterocycles. The molecule has 2 aliphatic heterocycles. The van der Waals surface area contributed by atoms with Crippen molar-refractivity contribution < 1.29 is 4.74 Å². The Bertz CT molecular complexity index is 845. The van der Waals surface area contributed by atoms with Gasteiger partial charge in [-0.25, -0.2) is 4.98 Å². The normalized spacial score (nSPS) is 23.5. The van der Waals surface area contributed by atoms with Gasteiger partial charge in [-0.3, -0.25) is 4.90 Å². The summed E-state index contributed by atoms with van der Waals surface area (Å²) in [4.78, 5) is 10.2. The van der Waals surface area contributed by atoms with E-state index in [4.69, 9.17) is 9.72 Å². The Morgan fingerprint density at radius 3 is 2.62 bits per heavy atom. The van der Waals surface area contributed by atoms with Crippen molar-refractivity contribution in [2.24, 2.45) is 5.92 Å². The molecule has 0 bridgehead atoms. The Hall–Kier alpha value is -1.69. The van der Waals surface area contributed by atoms with E-state index in [1.54, 1.807) is 0 Å². The average molecular weight is 437 g/mol. The Morgan fingerprint density at radius 1 is 1.03 bits per heavy atom. The average Bonchev–Trinajstić information content (AvgIpc) is 3.58. The molecule has 174 valence electrons. The second-order valence-corrected chi connectivity index (χ2v) is 10.3. The van der Waals surface area contributed by atoms with Gasteiger partial charge in [0.25, 0.3) is 0 Å². The molecular formula is C27H40N4O. The summed E-state index contributed by atoms with van der Waals surface area (Å²) in [6.45, 7) is 8.76. The van der Waals surface area contributed by atoms with Gasteiger partial charge in [-0.05, 0) is 82.2 Å². The lowest BCUT2D eigenvalue weighted by Gasteiger charge is -2.38. The van der Waals surface area contributed by atoms with E-state index in [2.05, 4.69) is 51.8 Å². The SMILES string of the molecule is Cc1cccc(-n2ccnc2CN(CC2CCN(C3CCCC3)CC2)C[C@H]2CCCO2)c1. The molecule has 1 saturated carbocycles. The van der Waals surface area contributed by atoms with Crippen LogP contribution in [0.3, 0.4) is 0 Å². The number of hydrogen-bond acceptors (Lipinski definition) is 4. The lowest BCUT2D eigenvalue weighted by molar-refractivity contribution is 0.0529. The molecule has 0 amide bonds. The summed E-state index contributed by atoms with van der Waals surface area (Å²) in [5.74, 6) is 1.92. The van der Waals surface area contributed by atoms with E-state index in [-0.39, 0.29) is 0 Å². The molecule has 1 atom stereocenters. The number of aromatic nitrogens is 2. The third kappa shape index (κ3) is 5.44. The van der Waals surface area contributed by atoms with Gasteiger partial charge in [-0.15, -0.1) is 0 Å². The minimum Gasteiger partial charge on any atom is -0.377 e. The van der Waals surface area contributed by atoms with Crippen LogP contribution >= 0.6 is 0 Å². The number of benzene rings is 1. The topological polar surface area (TPSA) is 33.5 Å². The molecule has 0 spiro atoms. The van der Waals surface area contributed by atoms with Crippen molar-refractivity contribution in [3.05, 3.63) is 48.0 Å². The lowest BCUT2D eigenvalue weighted by atomic mass is 9.94. The van der Waals surface area contributed by atoms with Crippen LogP contribution in [0.15, 0.2) is 36.7 Å². The van der Waals surface area contributed by atoms with E-state index >= 15 is 0 Å². The molecule has 0 unspecified atom stereocenters. The Morgan fingerprint density at radius 2 is 1.88 bits per heavy atom. The maximum atomic E-state index is 6.03. The summed E-state index contributed by atoms with van der Waals surface area (Å²) in [7, 11) is 0. The number of nitrogens with zero attached hydrogens (tertiary/aromatic N) is 4. The van der Waals surface area contributed by atoms with Crippen LogP contribution in [-0.2, 0) is 11.3 Å². The fourth-order valence-electron chi connectivity index (χ4n) is 6.08. The van der Waals surface area contributed by atoms with E-state index in [0.717, 1.165) is 37.5 Å². The van der Waals surface area contributed by atoms with Crippen LogP contribution in [0.2, 0.25) is 0 Å². The molecule has 5 heteroatoms. The smallest absolute Gasteiger partial charge is 0.127 e. The summed E-state index contributed by atoms with van der Waals surface area (Å²) in [5, 5.41) is 0. The zero-order valence-corrected chi connectivity index (χ0v) is 19.8. The van der Waals surface area contributed by atoms with Crippen LogP contribution in [-0.4, -0.2) is 64.3 Å². The minimum atomic E-state index is 0.385. The second kappa shape index (κ2) is 10.5. The summed E-state index contributed by atoms with van der Waals surface area (Å²) >= 11 is 0. The summed E-state index contributed by atoms with van der Waals surface area (Å²) in [6, 6.07) is 9.59. The molecule has 1 aliphatic carbocycles. The van der Waals surface area contributed by atoms with E-state index in [1.807, 2.05) is 6.20 Å². The fourth-order valence-corrected chi connectivity index (χ4v) is 6.08. The molecule has 3 fully saturated rings. The number of likely N-dealkylation sites (tertiary alicyclic amines) is 1. The first-order valence-corrected chi connectivity index (χ1v) is 12.9. The van der Waals surface area contributed by atoms with Gasteiger partial charge in [0.05, 0.1) is 12.6 Å². The number of aryl methyl sites for hydroxylation is 1. The van der Waals surface area contributed by atoms with Crippen LogP contribution in [0.1, 0.15) is 62.8 Å². The third-order valence-corrected chi connectivity index (χ3v) is 7.85. The zero-order valence-electron chi connectivity index (χ0n) is 19.8. The third-order valence-electron chi connectivity index (χ3n) is 7.85. The highest BCUT2D eigenvalue weighted by molar-refractivity contribution is 5.36. The van der Waals surface area contributed by atoms with Gasteiger partial charge in [-0.2, -0.15) is 0 Å². The monoisotopic (exact) mass is 436 g/mol. The molecule has 2 aromatic rings. The zero-order chi connectivity index (χ0) is 21.8. The number of rotatable bonds is 8. The van der Waals surface area contributed by atoms with Gasteiger partial charge in [0.15, 0.2) is 0 Å². The number of piperidine rings is 1. The van der Waals surface area contributed by atoms with Crippen LogP contribution in [0.4, 0.5) is 0 Å². The maximum absolute atomic E-state index is 6.03. The van der Waals surface area contributed by atoms with Gasteiger partial charge in [0, 0.05) is 43.8 Å². The molecule has 3 aliphatic rings. The van der Waals surface area contributed by atoms with Crippen molar-refractivity contribution >= 4 is 0 Å². The first kappa shape index (κ1) is 22.1. The summed E-state index contributed by atoms with van der Waals surface area (Å²) < 4.78 is 8.29. The van der Waals surface area contributed by atoms with Crippen molar-refractivity contribution in [1.82, 2.24) is 19.4 Å². The Balaban J connectivity index is 1.24. The van der Waals surface area contributed by atoms with Gasteiger partial charge in [0.2, 0.25) is 0 Å². The van der Waals surface area contributed by atoms with Gasteiger partial charge < -0.3 is 14.2 Å². The Kier molecular flexibility index (Phi) is 7.25. The second-order valence-electron chi connectivity index (χ2n) is 10.3. The molecule has 32 heavy (non-hydrogen) atoms. The van der Waals surface area contributed by atoms with Gasteiger partial charge >= 0.3 is 0 Å². The van der Waals surface area contributed by atoms with E-state index < -0.39 is 0 Å². The van der Waals surface area contributed by atoms with E-state index in [9.17, 15) is 0 Å². The number of imidazole rings is 1. The van der Waals surface area contributed by atoms with E-state index in [1.165, 1.54) is 82.3 Å². The van der Waals surface area contributed by atoms with Crippen LogP contribution in [0, 0.1) is 12.8 Å². The van der Waals surface area contributed by atoms with Crippen molar-refractivity contribution in [2.75, 3.05) is 32.8 Å². The summed E-state index contributed by atoms with van der Waals surface area (Å²) in [6.07, 6.45) is 15.2. The van der Waals surface area contributed by atoms with Crippen LogP contribution < -0.4 is 0 Å². The summed E-state index contributed by atoms with van der Waals surface area (Å²) in [5.41, 5.74) is 2.49. The highest BCUT2D eigenvalue weighted by Crippen LogP contribution is 2.29. The number of ether oxygens (including phenoxy) is 1. The standard InChI is InChI=1S/C27H40N4O/c1-22-6-4-9-25(18-22)31-16-13-28-27(31)21-29(20-26-10-5-17-32-26)19-23-11-14-30(15-12-23)24-7-2-3-8-24/h4,6,9,13,16,18,23-24,26H,2-3,5,7-8,10-12,14-15,17,19-21H2,1H3/t26-/m1/s1. The fraction of sp³-hybridized carbons (Fsp3) is 0.667. The molecular weight excluding hydrogens is 396 g/mol. The van der Waals surface area contributed by atoms with Gasteiger partial charge in [-0.1, -0.05) is 25.0 Å². The van der Waals surface area contributed by atoms with Crippen molar-refractivity contribution in [3.63, 3.8) is 0 Å². The quantitative estimate of drug-likeness (QED) is 0.594. The van der Waals surface area contributed by atoms with Crippen molar-refractivity contribution in [2.45, 2.75) is 77.0 Å². The van der Waals surface area contributed by atoms with Crippen molar-refractivity contribution in [1.29, 1.82) is 0 Å². The Labute approximate surface area is 193 Å². The van der Waals surface area contributed by atoms with Crippen molar-refractivity contribution in [3.8, 4) is 5.69 Å². The van der Waals surface area contributed by atoms with Crippen LogP contribution in [0.5, 0.6) is 0 Å². The molecule has 5 rings (SSSR count). The first-order valence-electron chi connectivity index (χ1n) is 12.9. The molecule has 0 N–H and O–H groups in total. The maximum Gasteiger partial charge on any atom is 0.127 e. The highest BCUT2D eigenvalue weighted by atomic mass is 16.5.